The standard InChI is InChI=1S/C18H14O4.C16H13N3O4/c1-3-13-8-7-9-14(12-13)21-18(20)15-10-5-6-11-16(15)22-17(19)4-2;1-2-11-6-5-7-12(10-11)22-15(20)13-8-3-4-9-14(13)23-16(21)18-19-17/h2,5-12H,3H2,1H3;3-10H,2H2,1H3. The zero-order chi connectivity index (χ0) is 32.6. The van der Waals surface area contributed by atoms with Gasteiger partial charge in [0.1, 0.15) is 34.1 Å². The Morgan fingerprint density at radius 2 is 1.16 bits per heavy atom. The van der Waals surface area contributed by atoms with E-state index < -0.39 is 24.0 Å². The van der Waals surface area contributed by atoms with Gasteiger partial charge >= 0.3 is 24.0 Å². The fraction of sp³-hybridized carbons (Fsp3) is 0.118. The van der Waals surface area contributed by atoms with E-state index in [1.54, 1.807) is 54.6 Å². The molecular formula is C34H27N3O8. The molecule has 0 unspecified atom stereocenters. The van der Waals surface area contributed by atoms with Gasteiger partial charge in [0.15, 0.2) is 0 Å². The minimum Gasteiger partial charge on any atom is -0.423 e. The second kappa shape index (κ2) is 16.9. The minimum absolute atomic E-state index is 0.0402. The summed E-state index contributed by atoms with van der Waals surface area (Å²) in [5, 5.41) is 2.79. The first kappa shape index (κ1) is 33.1. The molecule has 0 bridgehead atoms. The van der Waals surface area contributed by atoms with Gasteiger partial charge in [-0.15, -0.1) is 6.42 Å². The lowest BCUT2D eigenvalue weighted by Crippen LogP contribution is -2.13. The molecule has 45 heavy (non-hydrogen) atoms. The molecule has 0 aliphatic heterocycles. The van der Waals surface area contributed by atoms with Crippen molar-refractivity contribution < 1.29 is 38.1 Å². The van der Waals surface area contributed by atoms with Crippen LogP contribution < -0.4 is 18.9 Å². The summed E-state index contributed by atoms with van der Waals surface area (Å²) in [6.45, 7) is 4.00. The lowest BCUT2D eigenvalue weighted by molar-refractivity contribution is -0.128. The number of benzene rings is 4. The van der Waals surface area contributed by atoms with Crippen LogP contribution in [0.1, 0.15) is 45.7 Å². The molecule has 0 N–H and O–H groups in total. The molecule has 0 fully saturated rings. The number of carbonyl (C=O) groups is 4. The highest BCUT2D eigenvalue weighted by Gasteiger charge is 2.18. The van der Waals surface area contributed by atoms with E-state index in [9.17, 15) is 19.2 Å². The van der Waals surface area contributed by atoms with Crippen molar-refractivity contribution in [2.45, 2.75) is 26.7 Å². The third-order valence-corrected chi connectivity index (χ3v) is 5.89. The maximum atomic E-state index is 12.3. The van der Waals surface area contributed by atoms with E-state index >= 15 is 0 Å². The van der Waals surface area contributed by atoms with E-state index in [-0.39, 0.29) is 22.6 Å². The first-order chi connectivity index (χ1) is 21.8. The van der Waals surface area contributed by atoms with E-state index in [2.05, 4.69) is 10.0 Å². The fourth-order valence-electron chi connectivity index (χ4n) is 3.71. The summed E-state index contributed by atoms with van der Waals surface area (Å²) in [5.41, 5.74) is 10.5. The van der Waals surface area contributed by atoms with Gasteiger partial charge in [-0.1, -0.05) is 62.4 Å². The number of terminal acetylenes is 1. The van der Waals surface area contributed by atoms with Crippen LogP contribution in [0.15, 0.2) is 102 Å². The Hall–Kier alpha value is -6.37. The largest absolute Gasteiger partial charge is 0.423 e. The highest BCUT2D eigenvalue weighted by Crippen LogP contribution is 2.23. The number of nitrogens with zero attached hydrogens (tertiary/aromatic N) is 3. The Labute approximate surface area is 258 Å². The van der Waals surface area contributed by atoms with E-state index in [0.29, 0.717) is 11.5 Å². The van der Waals surface area contributed by atoms with Crippen molar-refractivity contribution in [3.63, 3.8) is 0 Å². The number of azide groups is 1. The number of ether oxygens (including phenoxy) is 4. The minimum atomic E-state index is -1.15. The SMILES string of the molecule is C#CC(=O)Oc1ccccc1C(=O)Oc1cccc(CC)c1.CCc1cccc(OC(=O)c2ccccc2OC(=O)N=[N+]=[N-])c1. The Bertz CT molecular complexity index is 1790. The van der Waals surface area contributed by atoms with Crippen LogP contribution in [0, 0.1) is 12.3 Å². The molecule has 226 valence electrons. The summed E-state index contributed by atoms with van der Waals surface area (Å²) in [6, 6.07) is 26.7. The van der Waals surface area contributed by atoms with Crippen LogP contribution in [-0.2, 0) is 17.6 Å². The number of para-hydroxylation sites is 2. The Morgan fingerprint density at radius 3 is 1.60 bits per heavy atom. The number of hydrogen-bond donors (Lipinski definition) is 0. The molecular weight excluding hydrogens is 578 g/mol. The quantitative estimate of drug-likeness (QED) is 0.0386. The summed E-state index contributed by atoms with van der Waals surface area (Å²) < 4.78 is 20.4. The normalized spacial score (nSPS) is 9.62. The zero-order valence-corrected chi connectivity index (χ0v) is 24.3. The summed E-state index contributed by atoms with van der Waals surface area (Å²) in [7, 11) is 0. The van der Waals surface area contributed by atoms with Crippen LogP contribution in [0.5, 0.6) is 23.0 Å². The van der Waals surface area contributed by atoms with Crippen molar-refractivity contribution >= 4 is 24.0 Å². The van der Waals surface area contributed by atoms with Gasteiger partial charge in [0.25, 0.3) is 0 Å². The average Bonchev–Trinajstić information content (AvgIpc) is 3.05. The second-order valence-electron chi connectivity index (χ2n) is 8.86. The van der Waals surface area contributed by atoms with Gasteiger partial charge in [0.2, 0.25) is 0 Å². The Balaban J connectivity index is 0.000000246. The predicted molar refractivity (Wildman–Crippen MR) is 164 cm³/mol. The molecule has 0 saturated carbocycles. The average molecular weight is 606 g/mol. The number of carbonyl (C=O) groups excluding carboxylic acids is 4. The molecule has 11 heteroatoms. The molecule has 0 aromatic heterocycles. The van der Waals surface area contributed by atoms with Crippen LogP contribution >= 0.6 is 0 Å². The lowest BCUT2D eigenvalue weighted by atomic mass is 10.1. The Morgan fingerprint density at radius 1 is 0.689 bits per heavy atom. The van der Waals surface area contributed by atoms with Gasteiger partial charge in [-0.05, 0) is 78.0 Å². The van der Waals surface area contributed by atoms with Crippen molar-refractivity contribution in [3.8, 4) is 35.3 Å². The lowest BCUT2D eigenvalue weighted by Gasteiger charge is -2.09. The van der Waals surface area contributed by atoms with E-state index in [1.807, 2.05) is 38.0 Å². The molecule has 4 rings (SSSR count). The van der Waals surface area contributed by atoms with Crippen LogP contribution in [-0.4, -0.2) is 24.0 Å². The van der Waals surface area contributed by atoms with Crippen molar-refractivity contribution in [2.75, 3.05) is 0 Å². The molecule has 0 atom stereocenters. The first-order valence-electron chi connectivity index (χ1n) is 13.5. The molecule has 0 saturated heterocycles. The summed E-state index contributed by atoms with van der Waals surface area (Å²) in [4.78, 5) is 49.2. The molecule has 0 aliphatic rings. The van der Waals surface area contributed by atoms with Gasteiger partial charge in [-0.3, -0.25) is 0 Å². The maximum absolute atomic E-state index is 12.3. The third-order valence-electron chi connectivity index (χ3n) is 5.89. The van der Waals surface area contributed by atoms with E-state index in [0.717, 1.165) is 24.0 Å². The number of esters is 3. The molecule has 0 heterocycles. The van der Waals surface area contributed by atoms with E-state index in [1.165, 1.54) is 24.3 Å². The van der Waals surface area contributed by atoms with Gasteiger partial charge in [0, 0.05) is 15.9 Å². The summed E-state index contributed by atoms with van der Waals surface area (Å²) in [5.74, 6) is 0.527. The highest BCUT2D eigenvalue weighted by molar-refractivity contribution is 5.97. The molecule has 0 spiro atoms. The van der Waals surface area contributed by atoms with Crippen LogP contribution in [0.4, 0.5) is 4.79 Å². The molecule has 4 aromatic rings. The topological polar surface area (TPSA) is 154 Å². The van der Waals surface area contributed by atoms with E-state index in [4.69, 9.17) is 30.9 Å². The molecule has 4 aromatic carbocycles. The number of aryl methyl sites for hydroxylation is 2. The number of amides is 1. The van der Waals surface area contributed by atoms with Gasteiger partial charge in [0.05, 0.1) is 0 Å². The number of hydrogen-bond acceptors (Lipinski definition) is 8. The van der Waals surface area contributed by atoms with Crippen molar-refractivity contribution in [3.05, 3.63) is 130 Å². The monoisotopic (exact) mass is 605 g/mol. The van der Waals surface area contributed by atoms with Crippen molar-refractivity contribution in [2.24, 2.45) is 5.11 Å². The second-order valence-corrected chi connectivity index (χ2v) is 8.86. The van der Waals surface area contributed by atoms with Gasteiger partial charge in [-0.25, -0.2) is 19.2 Å². The Kier molecular flexibility index (Phi) is 12.5. The molecule has 1 amide bonds. The summed E-state index contributed by atoms with van der Waals surface area (Å²) >= 11 is 0. The molecule has 0 aliphatic carbocycles. The molecule has 0 radical (unpaired) electrons. The third kappa shape index (κ3) is 10.1. The maximum Gasteiger partial charge on any atom is 0.402 e. The zero-order valence-electron chi connectivity index (χ0n) is 24.3. The van der Waals surface area contributed by atoms with Crippen molar-refractivity contribution in [1.82, 2.24) is 0 Å². The fourth-order valence-corrected chi connectivity index (χ4v) is 3.71. The molecule has 11 nitrogen and oxygen atoms in total. The first-order valence-corrected chi connectivity index (χ1v) is 13.5. The van der Waals surface area contributed by atoms with Gasteiger partial charge < -0.3 is 18.9 Å². The smallest absolute Gasteiger partial charge is 0.402 e. The predicted octanol–water partition coefficient (Wildman–Crippen LogP) is 7.28. The van der Waals surface area contributed by atoms with Crippen LogP contribution in [0.25, 0.3) is 10.4 Å². The van der Waals surface area contributed by atoms with Gasteiger partial charge in [-0.2, -0.15) is 0 Å². The number of rotatable bonds is 8. The summed E-state index contributed by atoms with van der Waals surface area (Å²) in [6.07, 6.45) is 5.46. The van der Waals surface area contributed by atoms with Crippen LogP contribution in [0.2, 0.25) is 0 Å². The van der Waals surface area contributed by atoms with Crippen LogP contribution in [0.3, 0.4) is 0 Å². The van der Waals surface area contributed by atoms with Crippen molar-refractivity contribution in [1.29, 1.82) is 0 Å². The highest BCUT2D eigenvalue weighted by atomic mass is 16.6.